The fourth-order valence-electron chi connectivity index (χ4n) is 1.32. The van der Waals surface area contributed by atoms with E-state index >= 15 is 0 Å². The molecule has 0 aliphatic rings. The van der Waals surface area contributed by atoms with Gasteiger partial charge < -0.3 is 5.32 Å². The molecule has 0 saturated heterocycles. The molecule has 2 rings (SSSR count). The van der Waals surface area contributed by atoms with Crippen molar-refractivity contribution in [2.75, 3.05) is 5.32 Å². The van der Waals surface area contributed by atoms with Crippen LogP contribution in [-0.2, 0) is 13.6 Å². The van der Waals surface area contributed by atoms with Crippen molar-refractivity contribution in [2.24, 2.45) is 7.05 Å². The van der Waals surface area contributed by atoms with Gasteiger partial charge in [0, 0.05) is 24.0 Å². The van der Waals surface area contributed by atoms with Gasteiger partial charge >= 0.3 is 0 Å². The molecular formula is C11H12ClN3. The second-order valence-corrected chi connectivity index (χ2v) is 3.78. The van der Waals surface area contributed by atoms with E-state index in [9.17, 15) is 0 Å². The number of rotatable bonds is 3. The Morgan fingerprint density at radius 1 is 1.27 bits per heavy atom. The average molecular weight is 222 g/mol. The summed E-state index contributed by atoms with van der Waals surface area (Å²) in [4.78, 5) is 0. The monoisotopic (exact) mass is 221 g/mol. The molecular weight excluding hydrogens is 210 g/mol. The molecule has 0 bridgehead atoms. The molecule has 0 radical (unpaired) electrons. The first-order valence-corrected chi connectivity index (χ1v) is 5.10. The fourth-order valence-corrected chi connectivity index (χ4v) is 1.44. The summed E-state index contributed by atoms with van der Waals surface area (Å²) >= 11 is 5.79. The largest absolute Gasteiger partial charge is 0.379 e. The second kappa shape index (κ2) is 4.36. The highest BCUT2D eigenvalue weighted by molar-refractivity contribution is 6.30. The third-order valence-corrected chi connectivity index (χ3v) is 2.34. The van der Waals surface area contributed by atoms with Crippen LogP contribution in [0.1, 0.15) is 5.69 Å². The normalized spacial score (nSPS) is 10.3. The summed E-state index contributed by atoms with van der Waals surface area (Å²) in [5.41, 5.74) is 2.07. The maximum atomic E-state index is 5.79. The van der Waals surface area contributed by atoms with Crippen LogP contribution < -0.4 is 5.32 Å². The van der Waals surface area contributed by atoms with Crippen molar-refractivity contribution < 1.29 is 0 Å². The number of nitrogens with zero attached hydrogens (tertiary/aromatic N) is 2. The maximum absolute atomic E-state index is 5.79. The van der Waals surface area contributed by atoms with Gasteiger partial charge in [0.25, 0.3) is 0 Å². The first kappa shape index (κ1) is 10.1. The fraction of sp³-hybridized carbons (Fsp3) is 0.182. The number of hydrogen-bond acceptors (Lipinski definition) is 2. The standard InChI is InChI=1S/C11H12ClN3/c1-15-7-6-11(14-15)8-13-10-4-2-9(12)3-5-10/h2-7,13H,8H2,1H3. The van der Waals surface area contributed by atoms with E-state index in [2.05, 4.69) is 10.4 Å². The number of nitrogens with one attached hydrogen (secondary N) is 1. The van der Waals surface area contributed by atoms with Gasteiger partial charge in [0.1, 0.15) is 0 Å². The summed E-state index contributed by atoms with van der Waals surface area (Å²) < 4.78 is 1.79. The Hall–Kier alpha value is -1.48. The molecule has 3 nitrogen and oxygen atoms in total. The van der Waals surface area contributed by atoms with Gasteiger partial charge in [-0.15, -0.1) is 0 Å². The van der Waals surface area contributed by atoms with E-state index in [1.807, 2.05) is 43.6 Å². The molecule has 15 heavy (non-hydrogen) atoms. The molecule has 0 aliphatic carbocycles. The minimum Gasteiger partial charge on any atom is -0.379 e. The molecule has 0 aliphatic heterocycles. The van der Waals surface area contributed by atoms with E-state index in [-0.39, 0.29) is 0 Å². The van der Waals surface area contributed by atoms with Gasteiger partial charge in [-0.1, -0.05) is 11.6 Å². The van der Waals surface area contributed by atoms with E-state index in [1.54, 1.807) is 4.68 Å². The molecule has 1 aromatic carbocycles. The predicted molar refractivity (Wildman–Crippen MR) is 62.0 cm³/mol. The lowest BCUT2D eigenvalue weighted by molar-refractivity contribution is 0.747. The third-order valence-electron chi connectivity index (χ3n) is 2.09. The van der Waals surface area contributed by atoms with Crippen LogP contribution >= 0.6 is 11.6 Å². The van der Waals surface area contributed by atoms with Gasteiger partial charge in [-0.05, 0) is 30.3 Å². The summed E-state index contributed by atoms with van der Waals surface area (Å²) in [6, 6.07) is 9.62. The van der Waals surface area contributed by atoms with Crippen molar-refractivity contribution >= 4 is 17.3 Å². The Kier molecular flexibility index (Phi) is 2.92. The van der Waals surface area contributed by atoms with Crippen LogP contribution in [0.25, 0.3) is 0 Å². The van der Waals surface area contributed by atoms with Crippen LogP contribution in [0.3, 0.4) is 0 Å². The number of aromatic nitrogens is 2. The molecule has 0 atom stereocenters. The van der Waals surface area contributed by atoms with Gasteiger partial charge in [-0.25, -0.2) is 0 Å². The van der Waals surface area contributed by atoms with E-state index in [4.69, 9.17) is 11.6 Å². The molecule has 1 N–H and O–H groups in total. The first-order chi connectivity index (χ1) is 7.24. The molecule has 1 aromatic heterocycles. The quantitative estimate of drug-likeness (QED) is 0.864. The highest BCUT2D eigenvalue weighted by Gasteiger charge is 1.96. The first-order valence-electron chi connectivity index (χ1n) is 4.72. The molecule has 4 heteroatoms. The summed E-state index contributed by atoms with van der Waals surface area (Å²) in [6.45, 7) is 0.725. The van der Waals surface area contributed by atoms with Crippen LogP contribution in [0.15, 0.2) is 36.5 Å². The zero-order chi connectivity index (χ0) is 10.7. The lowest BCUT2D eigenvalue weighted by atomic mass is 10.3. The van der Waals surface area contributed by atoms with Crippen molar-refractivity contribution in [3.63, 3.8) is 0 Å². The van der Waals surface area contributed by atoms with Gasteiger partial charge in [0.15, 0.2) is 0 Å². The zero-order valence-corrected chi connectivity index (χ0v) is 9.20. The van der Waals surface area contributed by atoms with E-state index < -0.39 is 0 Å². The Balaban J connectivity index is 1.96. The highest BCUT2D eigenvalue weighted by Crippen LogP contribution is 2.13. The summed E-state index contributed by atoms with van der Waals surface area (Å²) in [6.07, 6.45) is 1.93. The molecule has 0 fully saturated rings. The van der Waals surface area contributed by atoms with Crippen molar-refractivity contribution in [2.45, 2.75) is 6.54 Å². The van der Waals surface area contributed by atoms with Crippen LogP contribution in [0.4, 0.5) is 5.69 Å². The molecule has 78 valence electrons. The van der Waals surface area contributed by atoms with Gasteiger partial charge in [-0.2, -0.15) is 5.10 Å². The summed E-state index contributed by atoms with van der Waals surface area (Å²) in [5.74, 6) is 0. The van der Waals surface area contributed by atoms with Crippen molar-refractivity contribution in [1.29, 1.82) is 0 Å². The summed E-state index contributed by atoms with van der Waals surface area (Å²) in [7, 11) is 1.91. The smallest absolute Gasteiger partial charge is 0.0815 e. The zero-order valence-electron chi connectivity index (χ0n) is 8.44. The number of anilines is 1. The number of aryl methyl sites for hydroxylation is 1. The average Bonchev–Trinajstić information content (AvgIpc) is 2.64. The summed E-state index contributed by atoms with van der Waals surface area (Å²) in [5, 5.41) is 8.29. The lowest BCUT2D eigenvalue weighted by Crippen LogP contribution is -2.00. The Bertz CT molecular complexity index is 433. The van der Waals surface area contributed by atoms with E-state index in [0.717, 1.165) is 22.9 Å². The highest BCUT2D eigenvalue weighted by atomic mass is 35.5. The number of halogens is 1. The minimum absolute atomic E-state index is 0.725. The molecule has 1 heterocycles. The maximum Gasteiger partial charge on any atom is 0.0815 e. The van der Waals surface area contributed by atoms with Crippen LogP contribution in [0, 0.1) is 0 Å². The van der Waals surface area contributed by atoms with Crippen molar-refractivity contribution in [3.8, 4) is 0 Å². The number of benzene rings is 1. The Labute approximate surface area is 93.7 Å². The predicted octanol–water partition coefficient (Wildman–Crippen LogP) is 2.69. The molecule has 2 aromatic rings. The van der Waals surface area contributed by atoms with Gasteiger partial charge in [-0.3, -0.25) is 4.68 Å². The number of hydrogen-bond donors (Lipinski definition) is 1. The van der Waals surface area contributed by atoms with E-state index in [1.165, 1.54) is 0 Å². The van der Waals surface area contributed by atoms with Crippen molar-refractivity contribution in [1.82, 2.24) is 9.78 Å². The van der Waals surface area contributed by atoms with Crippen LogP contribution in [0.2, 0.25) is 5.02 Å². The van der Waals surface area contributed by atoms with E-state index in [0.29, 0.717) is 0 Å². The molecule has 0 spiro atoms. The Morgan fingerprint density at radius 3 is 2.60 bits per heavy atom. The second-order valence-electron chi connectivity index (χ2n) is 3.34. The molecule has 0 unspecified atom stereocenters. The van der Waals surface area contributed by atoms with Gasteiger partial charge in [0.2, 0.25) is 0 Å². The lowest BCUT2D eigenvalue weighted by Gasteiger charge is -2.03. The van der Waals surface area contributed by atoms with Crippen LogP contribution in [0.5, 0.6) is 0 Å². The molecule has 0 saturated carbocycles. The molecule has 0 amide bonds. The SMILES string of the molecule is Cn1ccc(CNc2ccc(Cl)cc2)n1. The third kappa shape index (κ3) is 2.73. The minimum atomic E-state index is 0.725. The van der Waals surface area contributed by atoms with Gasteiger partial charge in [0.05, 0.1) is 12.2 Å². The van der Waals surface area contributed by atoms with Crippen LogP contribution in [-0.4, -0.2) is 9.78 Å². The topological polar surface area (TPSA) is 29.9 Å². The Morgan fingerprint density at radius 2 is 2.00 bits per heavy atom. The van der Waals surface area contributed by atoms with Crippen molar-refractivity contribution in [3.05, 3.63) is 47.2 Å².